The van der Waals surface area contributed by atoms with Crippen LogP contribution in [0.5, 0.6) is 0 Å². The fourth-order valence-electron chi connectivity index (χ4n) is 5.58. The average molecular weight is 707 g/mol. The third kappa shape index (κ3) is 7.75. The Balaban J connectivity index is 1.28. The summed E-state index contributed by atoms with van der Waals surface area (Å²) in [6.45, 7) is 1.12. The summed E-state index contributed by atoms with van der Waals surface area (Å²) in [5.74, 6) is -1.49. The van der Waals surface area contributed by atoms with Crippen LogP contribution in [0.15, 0.2) is 12.3 Å². The Labute approximate surface area is 268 Å². The first-order valence-corrected chi connectivity index (χ1v) is 18.6. The quantitative estimate of drug-likeness (QED) is 0.0870. The number of pyridine rings is 1. The van der Waals surface area contributed by atoms with Crippen molar-refractivity contribution in [3.05, 3.63) is 23.0 Å². The Morgan fingerprint density at radius 2 is 2.04 bits per heavy atom. The number of aromatic nitrogens is 2. The first-order chi connectivity index (χ1) is 21.8. The molecule has 0 aromatic carbocycles. The number of nitrogens with zero attached hydrogens (tertiary/aromatic N) is 3. The van der Waals surface area contributed by atoms with Gasteiger partial charge in [-0.15, -0.1) is 0 Å². The lowest BCUT2D eigenvalue weighted by molar-refractivity contribution is -0.150. The Hall–Kier alpha value is -3.00. The molecular formula is C27H33ClFN4O11PS. The molecule has 252 valence electrons. The fourth-order valence-corrected chi connectivity index (χ4v) is 9.49. The van der Waals surface area contributed by atoms with Gasteiger partial charge >= 0.3 is 19.7 Å². The van der Waals surface area contributed by atoms with E-state index in [1.807, 2.05) is 13.0 Å². The number of halogens is 2. The highest BCUT2D eigenvalue weighted by Gasteiger charge is 2.56. The first-order valence-electron chi connectivity index (χ1n) is 14.7. The SMILES string of the molecule is CCCCCCC(=O)OCOP(=O)(O)CS(=O)(=O)C[C@H]1O[C@@H](n2ccc3c(N[C@H]4C[C@@H](F)C4)c(C#N)c(Cl)nc32)[C@@H]2OC(=O)O[C@@H]21. The molecular weight excluding hydrogens is 674 g/mol. The highest BCUT2D eigenvalue weighted by atomic mass is 35.5. The summed E-state index contributed by atoms with van der Waals surface area (Å²) in [6, 6.07) is 3.37. The van der Waals surface area contributed by atoms with E-state index in [9.17, 15) is 37.1 Å². The highest BCUT2D eigenvalue weighted by Crippen LogP contribution is 2.46. The lowest BCUT2D eigenvalue weighted by atomic mass is 9.90. The van der Waals surface area contributed by atoms with E-state index in [2.05, 4.69) is 10.3 Å². The van der Waals surface area contributed by atoms with Crippen molar-refractivity contribution in [2.75, 3.05) is 23.4 Å². The van der Waals surface area contributed by atoms with Crippen LogP contribution in [0.25, 0.3) is 11.0 Å². The predicted octanol–water partition coefficient (Wildman–Crippen LogP) is 4.32. The second-order valence-electron chi connectivity index (χ2n) is 11.4. The van der Waals surface area contributed by atoms with E-state index >= 15 is 0 Å². The Bertz CT molecular complexity index is 1680. The van der Waals surface area contributed by atoms with Gasteiger partial charge in [-0.1, -0.05) is 37.8 Å². The molecule has 46 heavy (non-hydrogen) atoms. The van der Waals surface area contributed by atoms with E-state index in [0.29, 0.717) is 17.5 Å². The van der Waals surface area contributed by atoms with Crippen molar-refractivity contribution < 1.29 is 55.3 Å². The number of fused-ring (bicyclic) bond motifs is 2. The van der Waals surface area contributed by atoms with Crippen molar-refractivity contribution in [1.29, 1.82) is 5.26 Å². The van der Waals surface area contributed by atoms with Gasteiger partial charge in [-0.25, -0.2) is 22.6 Å². The zero-order valence-electron chi connectivity index (χ0n) is 24.7. The number of anilines is 1. The van der Waals surface area contributed by atoms with Gasteiger partial charge in [0.05, 0.1) is 11.4 Å². The summed E-state index contributed by atoms with van der Waals surface area (Å²) < 4.78 is 79.5. The monoisotopic (exact) mass is 706 g/mol. The fraction of sp³-hybridized carbons (Fsp3) is 0.630. The van der Waals surface area contributed by atoms with Crippen LogP contribution >= 0.6 is 19.2 Å². The molecule has 1 aliphatic carbocycles. The molecule has 1 unspecified atom stereocenters. The molecule has 0 bridgehead atoms. The van der Waals surface area contributed by atoms with Crippen molar-refractivity contribution in [3.8, 4) is 6.07 Å². The van der Waals surface area contributed by atoms with Gasteiger partial charge in [0, 0.05) is 24.0 Å². The standard InChI is InChI=1S/C27H33ClFN4O11PS/c1-2-3-4-5-6-20(34)40-13-41-45(36,37)14-46(38,39)12-19-22-23(44-27(35)43-22)26(42-19)33-8-7-17-21(31-16-9-15(29)10-16)18(11-30)24(28)32-25(17)33/h7-8,15-16,19,22-23,26H,2-6,9-10,12-14H2,1H3,(H,31,32)(H,36,37)/t15-,16+,19-,22-,23-,26-/m1/s1. The van der Waals surface area contributed by atoms with Gasteiger partial charge in [0.1, 0.15) is 29.6 Å². The van der Waals surface area contributed by atoms with Gasteiger partial charge in [-0.05, 0) is 25.3 Å². The summed E-state index contributed by atoms with van der Waals surface area (Å²) in [7, 11) is -9.17. The van der Waals surface area contributed by atoms with Crippen LogP contribution in [0.2, 0.25) is 5.15 Å². The predicted molar refractivity (Wildman–Crippen MR) is 159 cm³/mol. The molecule has 5 atom stereocenters. The molecule has 2 aromatic heterocycles. The minimum absolute atomic E-state index is 0.0523. The van der Waals surface area contributed by atoms with E-state index < -0.39 is 78.3 Å². The summed E-state index contributed by atoms with van der Waals surface area (Å²) in [5.41, 5.74) is -0.730. The number of ether oxygens (including phenoxy) is 4. The van der Waals surface area contributed by atoms with Gasteiger partial charge in [0.2, 0.25) is 6.79 Å². The van der Waals surface area contributed by atoms with Crippen molar-refractivity contribution in [3.63, 3.8) is 0 Å². The first kappa shape index (κ1) is 34.3. The number of sulfone groups is 1. The number of carbonyl (C=O) groups excluding carboxylic acids is 2. The molecule has 4 heterocycles. The van der Waals surface area contributed by atoms with Gasteiger partial charge in [-0.3, -0.25) is 13.9 Å². The molecule has 0 spiro atoms. The van der Waals surface area contributed by atoms with Crippen molar-refractivity contribution in [2.45, 2.75) is 88.6 Å². The molecule has 1 saturated carbocycles. The van der Waals surface area contributed by atoms with E-state index in [0.717, 1.165) is 19.3 Å². The van der Waals surface area contributed by atoms with Gasteiger partial charge in [-0.2, -0.15) is 5.26 Å². The van der Waals surface area contributed by atoms with Crippen LogP contribution in [-0.4, -0.2) is 83.6 Å². The number of rotatable bonds is 15. The molecule has 3 aliphatic rings. The third-order valence-corrected chi connectivity index (χ3v) is 12.4. The van der Waals surface area contributed by atoms with Crippen LogP contribution in [0.4, 0.5) is 14.9 Å². The molecule has 0 radical (unpaired) electrons. The van der Waals surface area contributed by atoms with Crippen LogP contribution in [0.1, 0.15) is 63.7 Å². The Morgan fingerprint density at radius 3 is 2.74 bits per heavy atom. The minimum atomic E-state index is -4.78. The van der Waals surface area contributed by atoms with E-state index in [1.165, 1.54) is 10.8 Å². The number of alkyl halides is 1. The smallest absolute Gasteiger partial charge is 0.438 e. The van der Waals surface area contributed by atoms with Crippen LogP contribution in [-0.2, 0) is 42.7 Å². The minimum Gasteiger partial charge on any atom is -0.438 e. The second kappa shape index (κ2) is 14.0. The van der Waals surface area contributed by atoms with Crippen LogP contribution in [0, 0.1) is 11.3 Å². The van der Waals surface area contributed by atoms with E-state index in [-0.39, 0.29) is 41.7 Å². The lowest BCUT2D eigenvalue weighted by Crippen LogP contribution is -2.36. The number of hydrogen-bond acceptors (Lipinski definition) is 13. The largest absolute Gasteiger partial charge is 0.509 e. The Kier molecular flexibility index (Phi) is 10.5. The maximum Gasteiger partial charge on any atom is 0.509 e. The topological polar surface area (TPSA) is 205 Å². The molecule has 2 aliphatic heterocycles. The van der Waals surface area contributed by atoms with Crippen LogP contribution in [0.3, 0.4) is 0 Å². The van der Waals surface area contributed by atoms with Gasteiger partial charge < -0.3 is 33.7 Å². The molecule has 0 amide bonds. The highest BCUT2D eigenvalue weighted by molar-refractivity contribution is 7.97. The number of nitriles is 1. The number of nitrogens with one attached hydrogen (secondary N) is 1. The molecule has 2 N–H and O–H groups in total. The molecule has 5 rings (SSSR count). The Morgan fingerprint density at radius 1 is 1.30 bits per heavy atom. The van der Waals surface area contributed by atoms with Crippen molar-refractivity contribution in [1.82, 2.24) is 9.55 Å². The average Bonchev–Trinajstić information content (AvgIpc) is 3.63. The number of hydrogen-bond donors (Lipinski definition) is 2. The zero-order chi connectivity index (χ0) is 33.2. The van der Waals surface area contributed by atoms with Crippen molar-refractivity contribution >= 4 is 57.9 Å². The maximum atomic E-state index is 13.5. The third-order valence-electron chi connectivity index (χ3n) is 7.87. The zero-order valence-corrected chi connectivity index (χ0v) is 27.1. The van der Waals surface area contributed by atoms with E-state index in [1.54, 1.807) is 6.07 Å². The molecule has 15 nitrogen and oxygen atoms in total. The summed E-state index contributed by atoms with van der Waals surface area (Å²) in [4.78, 5) is 38.4. The maximum absolute atomic E-state index is 13.5. The van der Waals surface area contributed by atoms with Crippen molar-refractivity contribution in [2.24, 2.45) is 0 Å². The van der Waals surface area contributed by atoms with Gasteiger partial charge in [0.15, 0.2) is 38.9 Å². The summed E-state index contributed by atoms with van der Waals surface area (Å²) in [5, 5.41) is 13.1. The number of unbranched alkanes of at least 4 members (excludes halogenated alkanes) is 3. The lowest BCUT2D eigenvalue weighted by Gasteiger charge is -2.31. The molecule has 3 fully saturated rings. The summed E-state index contributed by atoms with van der Waals surface area (Å²) >= 11 is 6.34. The van der Waals surface area contributed by atoms with Gasteiger partial charge in [0.25, 0.3) is 0 Å². The summed E-state index contributed by atoms with van der Waals surface area (Å²) in [6.07, 6.45) is -1.41. The normalized spacial score (nSPS) is 26.8. The molecule has 2 saturated heterocycles. The molecule has 19 heteroatoms. The number of carbonyl (C=O) groups is 2. The second-order valence-corrected chi connectivity index (χ2v) is 16.1. The molecule has 2 aromatic rings. The van der Waals surface area contributed by atoms with Crippen LogP contribution < -0.4 is 5.32 Å². The van der Waals surface area contributed by atoms with E-state index in [4.69, 9.17) is 35.1 Å². The number of esters is 1.